The molecule has 0 saturated heterocycles. The van der Waals surface area contributed by atoms with E-state index in [2.05, 4.69) is 14.9 Å². The van der Waals surface area contributed by atoms with Gasteiger partial charge in [0.15, 0.2) is 0 Å². The highest BCUT2D eigenvalue weighted by atomic mass is 32.2. The quantitative estimate of drug-likeness (QED) is 0.620. The first kappa shape index (κ1) is 21.3. The fourth-order valence-electron chi connectivity index (χ4n) is 2.91. The third-order valence-electron chi connectivity index (χ3n) is 4.46. The van der Waals surface area contributed by atoms with Gasteiger partial charge in [-0.15, -0.1) is 0 Å². The SMILES string of the molecule is CCN(CC)CCN(CC(C)C)S(=O)(=O)c1ccc2[nH]c(=O)c(=O)[nH]c2c1. The number of likely N-dealkylation sites (N-methyl/N-ethyl adjacent to an activating group) is 1. The number of hydrogen-bond acceptors (Lipinski definition) is 5. The summed E-state index contributed by atoms with van der Waals surface area (Å²) in [7, 11) is -3.73. The van der Waals surface area contributed by atoms with E-state index < -0.39 is 21.1 Å². The lowest BCUT2D eigenvalue weighted by Crippen LogP contribution is -2.40. The highest BCUT2D eigenvalue weighted by Crippen LogP contribution is 2.20. The van der Waals surface area contributed by atoms with Crippen molar-refractivity contribution in [1.29, 1.82) is 0 Å². The van der Waals surface area contributed by atoms with Crippen LogP contribution in [0.2, 0.25) is 0 Å². The number of sulfonamides is 1. The summed E-state index contributed by atoms with van der Waals surface area (Å²) in [4.78, 5) is 30.1. The molecule has 0 saturated carbocycles. The van der Waals surface area contributed by atoms with Crippen LogP contribution in [-0.2, 0) is 10.0 Å². The van der Waals surface area contributed by atoms with Gasteiger partial charge in [0.2, 0.25) is 10.0 Å². The minimum absolute atomic E-state index is 0.0953. The number of nitrogens with zero attached hydrogens (tertiary/aromatic N) is 2. The Kier molecular flexibility index (Phi) is 6.96. The molecule has 0 aliphatic carbocycles. The van der Waals surface area contributed by atoms with E-state index in [1.165, 1.54) is 22.5 Å². The highest BCUT2D eigenvalue weighted by molar-refractivity contribution is 7.89. The van der Waals surface area contributed by atoms with Crippen LogP contribution < -0.4 is 11.1 Å². The molecule has 0 unspecified atom stereocenters. The maximum atomic E-state index is 13.2. The number of aromatic amines is 2. The van der Waals surface area contributed by atoms with Gasteiger partial charge >= 0.3 is 11.1 Å². The summed E-state index contributed by atoms with van der Waals surface area (Å²) >= 11 is 0. The number of nitrogens with one attached hydrogen (secondary N) is 2. The molecule has 2 rings (SSSR count). The molecule has 8 nitrogen and oxygen atoms in total. The zero-order chi connectivity index (χ0) is 20.2. The molecule has 2 aromatic rings. The van der Waals surface area contributed by atoms with Crippen molar-refractivity contribution in [3.63, 3.8) is 0 Å². The van der Waals surface area contributed by atoms with Crippen molar-refractivity contribution in [2.45, 2.75) is 32.6 Å². The summed E-state index contributed by atoms with van der Waals surface area (Å²) in [6.07, 6.45) is 0. The molecule has 150 valence electrons. The van der Waals surface area contributed by atoms with Gasteiger partial charge in [-0.05, 0) is 37.2 Å². The molecule has 1 aromatic heterocycles. The molecule has 0 radical (unpaired) electrons. The van der Waals surface area contributed by atoms with E-state index in [1.807, 2.05) is 27.7 Å². The van der Waals surface area contributed by atoms with E-state index in [0.717, 1.165) is 13.1 Å². The van der Waals surface area contributed by atoms with E-state index in [-0.39, 0.29) is 16.3 Å². The van der Waals surface area contributed by atoms with Crippen molar-refractivity contribution in [1.82, 2.24) is 19.2 Å². The third kappa shape index (κ3) is 5.06. The molecule has 0 fully saturated rings. The van der Waals surface area contributed by atoms with E-state index >= 15 is 0 Å². The molecule has 1 aromatic carbocycles. The molecule has 1 heterocycles. The number of rotatable bonds is 9. The number of aromatic nitrogens is 2. The number of H-pyrrole nitrogens is 2. The van der Waals surface area contributed by atoms with E-state index in [0.29, 0.717) is 25.2 Å². The highest BCUT2D eigenvalue weighted by Gasteiger charge is 2.26. The minimum Gasteiger partial charge on any atom is -0.316 e. The van der Waals surface area contributed by atoms with Crippen molar-refractivity contribution in [3.8, 4) is 0 Å². The molecule has 0 atom stereocenters. The summed E-state index contributed by atoms with van der Waals surface area (Å²) < 4.78 is 27.9. The van der Waals surface area contributed by atoms with Gasteiger partial charge < -0.3 is 14.9 Å². The standard InChI is InChI=1S/C18H28N4O4S/c1-5-21(6-2)9-10-22(12-13(3)4)27(25,26)14-7-8-15-16(11-14)20-18(24)17(23)19-15/h7-8,11,13H,5-6,9-10,12H2,1-4H3,(H,19,23)(H,20,24). The lowest BCUT2D eigenvalue weighted by atomic mass is 10.2. The Morgan fingerprint density at radius 3 is 2.11 bits per heavy atom. The van der Waals surface area contributed by atoms with E-state index in [4.69, 9.17) is 0 Å². The molecule has 0 amide bonds. The molecule has 0 aliphatic rings. The average molecular weight is 397 g/mol. The summed E-state index contributed by atoms with van der Waals surface area (Å²) in [5.41, 5.74) is -0.901. The Labute approximate surface area is 159 Å². The Balaban J connectivity index is 2.41. The van der Waals surface area contributed by atoms with Crippen LogP contribution in [0, 0.1) is 5.92 Å². The average Bonchev–Trinajstić information content (AvgIpc) is 2.61. The fraction of sp³-hybridized carbons (Fsp3) is 0.556. The van der Waals surface area contributed by atoms with Gasteiger partial charge in [-0.3, -0.25) is 9.59 Å². The lowest BCUT2D eigenvalue weighted by molar-refractivity contribution is 0.262. The van der Waals surface area contributed by atoms with Gasteiger partial charge in [0.05, 0.1) is 15.9 Å². The van der Waals surface area contributed by atoms with Crippen LogP contribution >= 0.6 is 0 Å². The second-order valence-corrected chi connectivity index (χ2v) is 8.84. The number of benzene rings is 1. The fourth-order valence-corrected chi connectivity index (χ4v) is 4.53. The van der Waals surface area contributed by atoms with Gasteiger partial charge in [0, 0.05) is 19.6 Å². The molecule has 0 aliphatic heterocycles. The normalized spacial score (nSPS) is 12.6. The summed E-state index contributed by atoms with van der Waals surface area (Å²) in [5, 5.41) is 0. The van der Waals surface area contributed by atoms with Crippen LogP contribution in [0.25, 0.3) is 11.0 Å². The summed E-state index contributed by atoms with van der Waals surface area (Å²) in [6.45, 7) is 11.2. The zero-order valence-electron chi connectivity index (χ0n) is 16.3. The van der Waals surface area contributed by atoms with Gasteiger partial charge in [0.25, 0.3) is 0 Å². The summed E-state index contributed by atoms with van der Waals surface area (Å²) in [5.74, 6) is 0.174. The lowest BCUT2D eigenvalue weighted by Gasteiger charge is -2.27. The monoisotopic (exact) mass is 396 g/mol. The van der Waals surface area contributed by atoms with Crippen LogP contribution in [-0.4, -0.2) is 60.3 Å². The molecular formula is C18H28N4O4S. The maximum absolute atomic E-state index is 13.2. The zero-order valence-corrected chi connectivity index (χ0v) is 17.1. The van der Waals surface area contributed by atoms with Gasteiger partial charge in [-0.25, -0.2) is 8.42 Å². The van der Waals surface area contributed by atoms with E-state index in [9.17, 15) is 18.0 Å². The first-order valence-electron chi connectivity index (χ1n) is 9.17. The van der Waals surface area contributed by atoms with Crippen molar-refractivity contribution >= 4 is 21.1 Å². The predicted octanol–water partition coefficient (Wildman–Crippen LogP) is 1.20. The molecule has 0 bridgehead atoms. The number of fused-ring (bicyclic) bond motifs is 1. The first-order chi connectivity index (χ1) is 12.7. The Hall–Kier alpha value is -1.97. The molecular weight excluding hydrogens is 368 g/mol. The van der Waals surface area contributed by atoms with Gasteiger partial charge in [-0.2, -0.15) is 4.31 Å². The second kappa shape index (κ2) is 8.81. The Morgan fingerprint density at radius 2 is 1.56 bits per heavy atom. The van der Waals surface area contributed by atoms with E-state index in [1.54, 1.807) is 0 Å². The molecule has 9 heteroatoms. The van der Waals surface area contributed by atoms with Crippen molar-refractivity contribution in [3.05, 3.63) is 38.9 Å². The van der Waals surface area contributed by atoms with Crippen molar-refractivity contribution < 1.29 is 8.42 Å². The van der Waals surface area contributed by atoms with Gasteiger partial charge in [-0.1, -0.05) is 27.7 Å². The Bertz CT molecular complexity index is 990. The van der Waals surface area contributed by atoms with Crippen LogP contribution in [0.4, 0.5) is 0 Å². The first-order valence-corrected chi connectivity index (χ1v) is 10.6. The smallest absolute Gasteiger partial charge is 0.314 e. The van der Waals surface area contributed by atoms with Crippen LogP contribution in [0.1, 0.15) is 27.7 Å². The van der Waals surface area contributed by atoms with Crippen LogP contribution in [0.15, 0.2) is 32.7 Å². The molecule has 0 spiro atoms. The van der Waals surface area contributed by atoms with Crippen molar-refractivity contribution in [2.75, 3.05) is 32.7 Å². The van der Waals surface area contributed by atoms with Crippen molar-refractivity contribution in [2.24, 2.45) is 5.92 Å². The predicted molar refractivity (Wildman–Crippen MR) is 107 cm³/mol. The second-order valence-electron chi connectivity index (χ2n) is 6.90. The van der Waals surface area contributed by atoms with Gasteiger partial charge in [0.1, 0.15) is 0 Å². The maximum Gasteiger partial charge on any atom is 0.314 e. The largest absolute Gasteiger partial charge is 0.316 e. The van der Waals surface area contributed by atoms with Crippen LogP contribution in [0.5, 0.6) is 0 Å². The number of hydrogen-bond donors (Lipinski definition) is 2. The summed E-state index contributed by atoms with van der Waals surface area (Å²) in [6, 6.07) is 4.35. The minimum atomic E-state index is -3.73. The molecule has 27 heavy (non-hydrogen) atoms. The Morgan fingerprint density at radius 1 is 0.963 bits per heavy atom. The van der Waals surface area contributed by atoms with Crippen LogP contribution in [0.3, 0.4) is 0 Å². The molecule has 2 N–H and O–H groups in total. The topological polar surface area (TPSA) is 106 Å². The third-order valence-corrected chi connectivity index (χ3v) is 6.32.